The number of hydrogen-bond acceptors (Lipinski definition) is 5. The maximum absolute atomic E-state index is 9.45. The van der Waals surface area contributed by atoms with Gasteiger partial charge in [-0.05, 0) is 12.5 Å². The Kier molecular flexibility index (Phi) is 7.11. The van der Waals surface area contributed by atoms with Crippen molar-refractivity contribution in [2.45, 2.75) is 13.5 Å². The topological polar surface area (TPSA) is 132 Å². The predicted octanol–water partition coefficient (Wildman–Crippen LogP) is 0.464. The van der Waals surface area contributed by atoms with Crippen LogP contribution in [0.1, 0.15) is 18.1 Å². The molecular formula is C12H20N5O2P. The van der Waals surface area contributed by atoms with Gasteiger partial charge in [-0.25, -0.2) is 0 Å². The van der Waals surface area contributed by atoms with Crippen LogP contribution in [0.2, 0.25) is 0 Å². The molecule has 0 bridgehead atoms. The highest BCUT2D eigenvalue weighted by Gasteiger charge is 2.06. The van der Waals surface area contributed by atoms with Gasteiger partial charge >= 0.3 is 0 Å². The summed E-state index contributed by atoms with van der Waals surface area (Å²) in [5, 5.41) is 7.61. The molecule has 0 amide bonds. The Balaban J connectivity index is 2.67. The maximum Gasteiger partial charge on any atom is 0.175 e. The minimum absolute atomic E-state index is 0.145. The zero-order valence-electron chi connectivity index (χ0n) is 11.4. The van der Waals surface area contributed by atoms with Crippen LogP contribution in [-0.4, -0.2) is 29.3 Å². The van der Waals surface area contributed by atoms with E-state index in [4.69, 9.17) is 21.7 Å². The van der Waals surface area contributed by atoms with Crippen molar-refractivity contribution in [2.75, 3.05) is 12.8 Å². The zero-order chi connectivity index (χ0) is 15.0. The van der Waals surface area contributed by atoms with Gasteiger partial charge in [0.05, 0.1) is 12.8 Å². The van der Waals surface area contributed by atoms with Crippen LogP contribution in [0.5, 0.6) is 0 Å². The fraction of sp³-hybridized carbons (Fsp3) is 0.333. The van der Waals surface area contributed by atoms with Gasteiger partial charge in [-0.1, -0.05) is 24.3 Å². The molecule has 8 heteroatoms. The first-order valence-corrected chi connectivity index (χ1v) is 7.50. The lowest BCUT2D eigenvalue weighted by atomic mass is 10.1. The molecule has 0 saturated carbocycles. The molecule has 0 aliphatic rings. The monoisotopic (exact) mass is 297 g/mol. The van der Waals surface area contributed by atoms with E-state index in [1.54, 1.807) is 6.92 Å². The first-order chi connectivity index (χ1) is 9.56. The summed E-state index contributed by atoms with van der Waals surface area (Å²) < 4.78 is 5.00. The highest BCUT2D eigenvalue weighted by molar-refractivity contribution is 7.47. The summed E-state index contributed by atoms with van der Waals surface area (Å²) in [5.41, 5.74) is 18.7. The molecule has 0 spiro atoms. The summed E-state index contributed by atoms with van der Waals surface area (Å²) in [7, 11) is -1.59. The van der Waals surface area contributed by atoms with Crippen molar-refractivity contribution in [3.05, 3.63) is 35.4 Å². The van der Waals surface area contributed by atoms with E-state index >= 15 is 0 Å². The van der Waals surface area contributed by atoms with Crippen molar-refractivity contribution in [1.82, 2.24) is 0 Å². The first-order valence-electron chi connectivity index (χ1n) is 6.11. The summed E-state index contributed by atoms with van der Waals surface area (Å²) in [5.74, 6) is 0.420. The average molecular weight is 297 g/mol. The van der Waals surface area contributed by atoms with Crippen LogP contribution in [0.25, 0.3) is 0 Å². The fourth-order valence-corrected chi connectivity index (χ4v) is 2.08. The van der Waals surface area contributed by atoms with Crippen LogP contribution in [-0.2, 0) is 11.1 Å². The van der Waals surface area contributed by atoms with Gasteiger partial charge < -0.3 is 26.6 Å². The highest BCUT2D eigenvalue weighted by atomic mass is 31.2. The maximum atomic E-state index is 9.45. The second-order valence-corrected chi connectivity index (χ2v) is 5.18. The Labute approximate surface area is 119 Å². The first kappa shape index (κ1) is 16.5. The van der Waals surface area contributed by atoms with Crippen molar-refractivity contribution in [2.24, 2.45) is 27.4 Å². The number of amidine groups is 2. The minimum atomic E-state index is -1.59. The third kappa shape index (κ3) is 5.63. The van der Waals surface area contributed by atoms with E-state index in [2.05, 4.69) is 10.2 Å². The van der Waals surface area contributed by atoms with Gasteiger partial charge in [0.25, 0.3) is 0 Å². The molecule has 0 aliphatic heterocycles. The number of nitrogens with zero attached hydrogens (tertiary/aromatic N) is 2. The minimum Gasteiger partial charge on any atom is -0.385 e. The van der Waals surface area contributed by atoms with E-state index in [0.29, 0.717) is 13.2 Å². The molecule has 1 rings (SSSR count). The van der Waals surface area contributed by atoms with Crippen molar-refractivity contribution in [3.63, 3.8) is 0 Å². The Hall–Kier alpha value is -1.53. The van der Waals surface area contributed by atoms with Gasteiger partial charge in [-0.2, -0.15) is 0 Å². The second-order valence-electron chi connectivity index (χ2n) is 3.91. The zero-order valence-corrected chi connectivity index (χ0v) is 12.3. The van der Waals surface area contributed by atoms with Crippen molar-refractivity contribution < 1.29 is 9.42 Å². The molecule has 7 N–H and O–H groups in total. The molecule has 1 unspecified atom stereocenters. The largest absolute Gasteiger partial charge is 0.385 e. The van der Waals surface area contributed by atoms with E-state index in [9.17, 15) is 4.89 Å². The summed E-state index contributed by atoms with van der Waals surface area (Å²) in [4.78, 5) is 9.45. The van der Waals surface area contributed by atoms with E-state index < -0.39 is 8.38 Å². The van der Waals surface area contributed by atoms with E-state index in [0.717, 1.165) is 11.1 Å². The van der Waals surface area contributed by atoms with Crippen molar-refractivity contribution in [3.8, 4) is 0 Å². The quantitative estimate of drug-likeness (QED) is 0.251. The normalized spacial score (nSPS) is 14.3. The van der Waals surface area contributed by atoms with Gasteiger partial charge in [-0.15, -0.1) is 10.2 Å². The van der Waals surface area contributed by atoms with E-state index in [-0.39, 0.29) is 17.8 Å². The Morgan fingerprint density at radius 1 is 1.25 bits per heavy atom. The SMILES string of the molecule is CCOP(O)C/C(N)=N/N=C(\N)c1ccc(CN)cc1. The van der Waals surface area contributed by atoms with E-state index in [1.165, 1.54) is 0 Å². The number of benzene rings is 1. The summed E-state index contributed by atoms with van der Waals surface area (Å²) >= 11 is 0. The van der Waals surface area contributed by atoms with Crippen LogP contribution in [0.4, 0.5) is 0 Å². The lowest BCUT2D eigenvalue weighted by molar-refractivity contribution is 0.332. The summed E-state index contributed by atoms with van der Waals surface area (Å²) in [6.45, 7) is 2.69. The van der Waals surface area contributed by atoms with Crippen LogP contribution in [0, 0.1) is 0 Å². The Morgan fingerprint density at radius 2 is 1.90 bits per heavy atom. The van der Waals surface area contributed by atoms with Crippen LogP contribution < -0.4 is 17.2 Å². The third-order valence-electron chi connectivity index (χ3n) is 2.35. The van der Waals surface area contributed by atoms with Crippen LogP contribution in [0.3, 0.4) is 0 Å². The standard InChI is InChI=1S/C12H20N5O2P/c1-2-19-20(18)8-11(14)16-17-12(15)10-5-3-9(7-13)4-6-10/h3-6,18H,2,7-8,13H2,1H3,(H2,14,16)(H2,15,17). The van der Waals surface area contributed by atoms with Gasteiger partial charge in [0, 0.05) is 12.1 Å². The van der Waals surface area contributed by atoms with Crippen LogP contribution >= 0.6 is 8.38 Å². The van der Waals surface area contributed by atoms with Gasteiger partial charge in [0.15, 0.2) is 14.2 Å². The van der Waals surface area contributed by atoms with Gasteiger partial charge in [0.2, 0.25) is 0 Å². The second kappa shape index (κ2) is 8.60. The number of nitrogens with two attached hydrogens (primary N) is 3. The Morgan fingerprint density at radius 3 is 2.45 bits per heavy atom. The van der Waals surface area contributed by atoms with Crippen molar-refractivity contribution >= 4 is 20.0 Å². The van der Waals surface area contributed by atoms with Crippen LogP contribution in [0.15, 0.2) is 34.5 Å². The van der Waals surface area contributed by atoms with Gasteiger partial charge in [-0.3, -0.25) is 0 Å². The van der Waals surface area contributed by atoms with Gasteiger partial charge in [0.1, 0.15) is 5.84 Å². The summed E-state index contributed by atoms with van der Waals surface area (Å²) in [6.07, 6.45) is 0.145. The highest BCUT2D eigenvalue weighted by Crippen LogP contribution is 2.29. The molecule has 1 atom stereocenters. The molecule has 20 heavy (non-hydrogen) atoms. The molecule has 0 aromatic heterocycles. The lowest BCUT2D eigenvalue weighted by Gasteiger charge is -2.07. The molecule has 7 nitrogen and oxygen atoms in total. The number of rotatable bonds is 7. The molecule has 110 valence electrons. The molecule has 0 aliphatic carbocycles. The fourth-order valence-electron chi connectivity index (χ4n) is 1.35. The smallest absolute Gasteiger partial charge is 0.175 e. The lowest BCUT2D eigenvalue weighted by Crippen LogP contribution is -2.18. The molecular weight excluding hydrogens is 277 g/mol. The summed E-state index contributed by atoms with van der Waals surface area (Å²) in [6, 6.07) is 7.36. The molecule has 0 saturated heterocycles. The molecule has 0 radical (unpaired) electrons. The molecule has 0 heterocycles. The predicted molar refractivity (Wildman–Crippen MR) is 82.3 cm³/mol. The molecule has 1 aromatic rings. The average Bonchev–Trinajstić information content (AvgIpc) is 2.45. The molecule has 1 aromatic carbocycles. The number of hydrogen-bond donors (Lipinski definition) is 4. The molecule has 0 fully saturated rings. The third-order valence-corrected chi connectivity index (χ3v) is 3.50. The van der Waals surface area contributed by atoms with Crippen molar-refractivity contribution in [1.29, 1.82) is 0 Å². The van der Waals surface area contributed by atoms with E-state index in [1.807, 2.05) is 24.3 Å². The Bertz CT molecular complexity index is 475.